The number of para-hydroxylation sites is 1. The zero-order valence-electron chi connectivity index (χ0n) is 12.1. The van der Waals surface area contributed by atoms with E-state index in [0.29, 0.717) is 11.3 Å². The van der Waals surface area contributed by atoms with Crippen LogP contribution >= 0.6 is 15.9 Å². The van der Waals surface area contributed by atoms with Crippen molar-refractivity contribution in [3.63, 3.8) is 0 Å². The number of furan rings is 1. The Hall–Kier alpha value is -2.59. The van der Waals surface area contributed by atoms with E-state index in [-0.39, 0.29) is 5.63 Å². The Morgan fingerprint density at radius 3 is 2.39 bits per heavy atom. The van der Waals surface area contributed by atoms with Crippen LogP contribution in [-0.2, 0) is 0 Å². The van der Waals surface area contributed by atoms with Gasteiger partial charge >= 0.3 is 5.63 Å². The van der Waals surface area contributed by atoms with E-state index in [9.17, 15) is 4.79 Å². The van der Waals surface area contributed by atoms with E-state index >= 15 is 0 Å². The Labute approximate surface area is 141 Å². The molecule has 2 aliphatic rings. The molecule has 0 N–H and O–H groups in total. The molecular formula is C19H12BrNO2. The molecule has 2 aromatic rings. The van der Waals surface area contributed by atoms with Gasteiger partial charge in [0.15, 0.2) is 5.76 Å². The van der Waals surface area contributed by atoms with E-state index in [2.05, 4.69) is 15.9 Å². The highest BCUT2D eigenvalue weighted by molar-refractivity contribution is 9.10. The number of rotatable bonds is 2. The molecule has 4 rings (SSSR count). The summed E-state index contributed by atoms with van der Waals surface area (Å²) in [5, 5.41) is 0. The summed E-state index contributed by atoms with van der Waals surface area (Å²) < 4.78 is 8.37. The lowest BCUT2D eigenvalue weighted by molar-refractivity contribution is 0.542. The minimum Gasteiger partial charge on any atom is -0.421 e. The number of fused-ring (bicyclic) bond motifs is 1. The third-order valence-corrected chi connectivity index (χ3v) is 4.32. The predicted molar refractivity (Wildman–Crippen MR) is 94.1 cm³/mol. The van der Waals surface area contributed by atoms with Gasteiger partial charge in [-0.3, -0.25) is 0 Å². The molecule has 0 amide bonds. The third kappa shape index (κ3) is 2.51. The van der Waals surface area contributed by atoms with Crippen LogP contribution in [-0.4, -0.2) is 4.57 Å². The molecule has 2 aromatic carbocycles. The Kier molecular flexibility index (Phi) is 3.39. The first kappa shape index (κ1) is 14.0. The molecule has 0 aliphatic carbocycles. The van der Waals surface area contributed by atoms with Gasteiger partial charge in [0.05, 0.1) is 11.8 Å². The molecule has 2 heterocycles. The minimum atomic E-state index is -0.312. The average Bonchev–Trinajstić information content (AvgIpc) is 2.91. The van der Waals surface area contributed by atoms with E-state index in [1.54, 1.807) is 0 Å². The molecule has 4 heteroatoms. The van der Waals surface area contributed by atoms with Crippen molar-refractivity contribution >= 4 is 15.9 Å². The fourth-order valence-electron chi connectivity index (χ4n) is 2.68. The fraction of sp³-hybridized carbons (Fsp3) is 0. The van der Waals surface area contributed by atoms with Gasteiger partial charge in [-0.05, 0) is 35.9 Å². The second-order valence-corrected chi connectivity index (χ2v) is 6.15. The lowest BCUT2D eigenvalue weighted by Crippen LogP contribution is -1.96. The molecular weight excluding hydrogens is 354 g/mol. The summed E-state index contributed by atoms with van der Waals surface area (Å²) in [6.07, 6.45) is 3.78. The van der Waals surface area contributed by atoms with Gasteiger partial charge < -0.3 is 8.98 Å². The zero-order chi connectivity index (χ0) is 15.8. The van der Waals surface area contributed by atoms with Gasteiger partial charge in [-0.1, -0.05) is 46.3 Å². The van der Waals surface area contributed by atoms with Crippen molar-refractivity contribution in [3.05, 3.63) is 88.0 Å². The first-order valence-corrected chi connectivity index (χ1v) is 7.98. The molecule has 112 valence electrons. The van der Waals surface area contributed by atoms with Gasteiger partial charge in [0.25, 0.3) is 0 Å². The van der Waals surface area contributed by atoms with Crippen LogP contribution in [0.4, 0.5) is 0 Å². The molecule has 0 spiro atoms. The number of hydrogen-bond donors (Lipinski definition) is 0. The smallest absolute Gasteiger partial charge is 0.344 e. The molecule has 0 bridgehead atoms. The van der Waals surface area contributed by atoms with Crippen molar-refractivity contribution in [2.75, 3.05) is 0 Å². The van der Waals surface area contributed by atoms with Crippen molar-refractivity contribution < 1.29 is 4.42 Å². The predicted octanol–water partition coefficient (Wildman–Crippen LogP) is 4.96. The largest absolute Gasteiger partial charge is 0.421 e. The first-order valence-electron chi connectivity index (χ1n) is 7.18. The van der Waals surface area contributed by atoms with Crippen molar-refractivity contribution in [1.82, 2.24) is 4.57 Å². The standard InChI is InChI=1S/C19H12BrNO2/c20-14-8-6-13(7-9-14)18-16-10-11-21(12-17(16)23-19(18)22)15-4-2-1-3-5-15/h1-12H. The van der Waals surface area contributed by atoms with Gasteiger partial charge in [0.1, 0.15) is 0 Å². The third-order valence-electron chi connectivity index (χ3n) is 3.79. The van der Waals surface area contributed by atoms with E-state index in [4.69, 9.17) is 4.42 Å². The van der Waals surface area contributed by atoms with E-state index in [0.717, 1.165) is 21.3 Å². The van der Waals surface area contributed by atoms with Gasteiger partial charge in [-0.25, -0.2) is 4.79 Å². The maximum absolute atomic E-state index is 12.3. The lowest BCUT2D eigenvalue weighted by atomic mass is 10.0. The summed E-state index contributed by atoms with van der Waals surface area (Å²) in [5.41, 5.74) is 2.99. The Balaban J connectivity index is 1.88. The molecule has 3 nitrogen and oxygen atoms in total. The maximum Gasteiger partial charge on any atom is 0.344 e. The molecule has 0 aromatic heterocycles. The highest BCUT2D eigenvalue weighted by Gasteiger charge is 2.19. The molecule has 0 fully saturated rings. The normalized spacial score (nSPS) is 11.0. The first-order chi connectivity index (χ1) is 11.2. The monoisotopic (exact) mass is 365 g/mol. The summed E-state index contributed by atoms with van der Waals surface area (Å²) in [5.74, 6) is 0.583. The quantitative estimate of drug-likeness (QED) is 0.502. The summed E-state index contributed by atoms with van der Waals surface area (Å²) in [7, 11) is 0. The SMILES string of the molecule is O=c1oc2cn(-c3ccccc3)ccc-2c1-c1ccc(Br)cc1. The number of benzene rings is 2. The van der Waals surface area contributed by atoms with Crippen molar-refractivity contribution in [3.8, 4) is 28.1 Å². The van der Waals surface area contributed by atoms with Crippen LogP contribution in [0, 0.1) is 0 Å². The molecule has 0 saturated carbocycles. The van der Waals surface area contributed by atoms with Gasteiger partial charge in [0, 0.05) is 21.9 Å². The number of pyridine rings is 1. The van der Waals surface area contributed by atoms with Gasteiger partial charge in [0.2, 0.25) is 0 Å². The Morgan fingerprint density at radius 2 is 1.65 bits per heavy atom. The van der Waals surface area contributed by atoms with Crippen molar-refractivity contribution in [1.29, 1.82) is 0 Å². The zero-order valence-corrected chi connectivity index (χ0v) is 13.7. The van der Waals surface area contributed by atoms with Crippen LogP contribution in [0.2, 0.25) is 0 Å². The number of aromatic nitrogens is 1. The number of nitrogens with zero attached hydrogens (tertiary/aromatic N) is 1. The number of hydrogen-bond acceptors (Lipinski definition) is 2. The summed E-state index contributed by atoms with van der Waals surface area (Å²) in [6.45, 7) is 0. The maximum atomic E-state index is 12.3. The summed E-state index contributed by atoms with van der Waals surface area (Å²) in [4.78, 5) is 12.3. The van der Waals surface area contributed by atoms with Crippen LogP contribution in [0.5, 0.6) is 0 Å². The van der Waals surface area contributed by atoms with Crippen LogP contribution in [0.3, 0.4) is 0 Å². The van der Waals surface area contributed by atoms with E-state index in [1.165, 1.54) is 0 Å². The van der Waals surface area contributed by atoms with Crippen LogP contribution < -0.4 is 5.63 Å². The van der Waals surface area contributed by atoms with E-state index in [1.807, 2.05) is 77.6 Å². The molecule has 0 saturated heterocycles. The molecule has 23 heavy (non-hydrogen) atoms. The minimum absolute atomic E-state index is 0.312. The average molecular weight is 366 g/mol. The van der Waals surface area contributed by atoms with Crippen molar-refractivity contribution in [2.24, 2.45) is 0 Å². The highest BCUT2D eigenvalue weighted by Crippen LogP contribution is 2.32. The Bertz CT molecular complexity index is 984. The van der Waals surface area contributed by atoms with Crippen LogP contribution in [0.15, 0.2) is 86.7 Å². The van der Waals surface area contributed by atoms with Crippen LogP contribution in [0.25, 0.3) is 28.1 Å². The topological polar surface area (TPSA) is 35.1 Å². The molecule has 0 unspecified atom stereocenters. The van der Waals surface area contributed by atoms with Gasteiger partial charge in [-0.2, -0.15) is 0 Å². The van der Waals surface area contributed by atoms with Crippen LogP contribution in [0.1, 0.15) is 0 Å². The van der Waals surface area contributed by atoms with E-state index < -0.39 is 0 Å². The lowest BCUT2D eigenvalue weighted by Gasteiger charge is -2.08. The van der Waals surface area contributed by atoms with Gasteiger partial charge in [-0.15, -0.1) is 0 Å². The number of halogens is 1. The van der Waals surface area contributed by atoms with Crippen molar-refractivity contribution in [2.45, 2.75) is 0 Å². The summed E-state index contributed by atoms with van der Waals surface area (Å²) in [6, 6.07) is 19.5. The highest BCUT2D eigenvalue weighted by atomic mass is 79.9. The fourth-order valence-corrected chi connectivity index (χ4v) is 2.94. The molecule has 0 atom stereocenters. The second kappa shape index (κ2) is 5.56. The molecule has 0 radical (unpaired) electrons. The second-order valence-electron chi connectivity index (χ2n) is 5.24. The Morgan fingerprint density at radius 1 is 0.913 bits per heavy atom. The summed E-state index contributed by atoms with van der Waals surface area (Å²) >= 11 is 3.41. The molecule has 2 aliphatic heterocycles.